The lowest BCUT2D eigenvalue weighted by atomic mass is 10.1. The van der Waals surface area contributed by atoms with Crippen LogP contribution in [0.2, 0.25) is 0 Å². The van der Waals surface area contributed by atoms with Crippen molar-refractivity contribution in [1.82, 2.24) is 5.32 Å². The standard InChI is InChI=1S/C11H23NOS/c1-4-8-12-10-6-7-11(9(10)3)14(13)5-2/h9-12H,4-8H2,1-3H3. The largest absolute Gasteiger partial charge is 0.314 e. The van der Waals surface area contributed by atoms with E-state index in [4.69, 9.17) is 0 Å². The lowest BCUT2D eigenvalue weighted by Gasteiger charge is -2.20. The minimum atomic E-state index is -0.599. The fraction of sp³-hybridized carbons (Fsp3) is 1.00. The monoisotopic (exact) mass is 217 g/mol. The molecular weight excluding hydrogens is 194 g/mol. The summed E-state index contributed by atoms with van der Waals surface area (Å²) < 4.78 is 11.7. The zero-order chi connectivity index (χ0) is 10.6. The second-order valence-electron chi connectivity index (χ2n) is 4.20. The highest BCUT2D eigenvalue weighted by Crippen LogP contribution is 2.29. The predicted octanol–water partition coefficient (Wildman–Crippen LogP) is 1.92. The normalized spacial score (nSPS) is 34.6. The van der Waals surface area contributed by atoms with Crippen LogP contribution in [0.15, 0.2) is 0 Å². The maximum atomic E-state index is 11.7. The molecule has 4 atom stereocenters. The van der Waals surface area contributed by atoms with E-state index in [1.54, 1.807) is 0 Å². The van der Waals surface area contributed by atoms with Crippen molar-refractivity contribution in [2.75, 3.05) is 12.3 Å². The summed E-state index contributed by atoms with van der Waals surface area (Å²) >= 11 is 0. The van der Waals surface area contributed by atoms with Crippen molar-refractivity contribution in [1.29, 1.82) is 0 Å². The van der Waals surface area contributed by atoms with Crippen molar-refractivity contribution in [3.05, 3.63) is 0 Å². The van der Waals surface area contributed by atoms with E-state index in [1.807, 2.05) is 6.92 Å². The van der Waals surface area contributed by atoms with Crippen LogP contribution in [0.3, 0.4) is 0 Å². The quantitative estimate of drug-likeness (QED) is 0.762. The van der Waals surface area contributed by atoms with E-state index >= 15 is 0 Å². The van der Waals surface area contributed by atoms with Gasteiger partial charge < -0.3 is 5.32 Å². The smallest absolute Gasteiger partial charge is 0.0388 e. The SMILES string of the molecule is CCCNC1CCC(S(=O)CC)C1C. The summed E-state index contributed by atoms with van der Waals surface area (Å²) in [7, 11) is -0.599. The summed E-state index contributed by atoms with van der Waals surface area (Å²) in [5, 5.41) is 3.99. The molecule has 0 spiro atoms. The van der Waals surface area contributed by atoms with Crippen molar-refractivity contribution in [3.63, 3.8) is 0 Å². The van der Waals surface area contributed by atoms with Gasteiger partial charge in [0.05, 0.1) is 0 Å². The van der Waals surface area contributed by atoms with Crippen molar-refractivity contribution < 1.29 is 4.21 Å². The van der Waals surface area contributed by atoms with Gasteiger partial charge in [-0.1, -0.05) is 20.8 Å². The molecule has 1 saturated carbocycles. The van der Waals surface area contributed by atoms with Crippen LogP contribution in [0, 0.1) is 5.92 Å². The molecule has 4 unspecified atom stereocenters. The van der Waals surface area contributed by atoms with E-state index in [9.17, 15) is 4.21 Å². The third kappa shape index (κ3) is 2.80. The lowest BCUT2D eigenvalue weighted by Crippen LogP contribution is -2.35. The molecule has 14 heavy (non-hydrogen) atoms. The Hall–Kier alpha value is 0.110. The van der Waals surface area contributed by atoms with Crippen molar-refractivity contribution in [2.45, 2.75) is 51.3 Å². The molecule has 0 aromatic heterocycles. The van der Waals surface area contributed by atoms with Crippen LogP contribution in [0.1, 0.15) is 40.0 Å². The molecule has 1 rings (SSSR count). The summed E-state index contributed by atoms with van der Waals surface area (Å²) in [5.41, 5.74) is 0. The molecule has 0 bridgehead atoms. The van der Waals surface area contributed by atoms with Crippen LogP contribution in [-0.4, -0.2) is 27.8 Å². The highest BCUT2D eigenvalue weighted by atomic mass is 32.2. The summed E-state index contributed by atoms with van der Waals surface area (Å²) in [6.45, 7) is 7.56. The summed E-state index contributed by atoms with van der Waals surface area (Å²) in [6, 6.07) is 0.607. The molecule has 0 heterocycles. The van der Waals surface area contributed by atoms with Gasteiger partial charge in [0, 0.05) is 27.8 Å². The molecule has 1 aliphatic carbocycles. The van der Waals surface area contributed by atoms with Gasteiger partial charge in [0.15, 0.2) is 0 Å². The Balaban J connectivity index is 2.42. The Bertz CT molecular complexity index is 196. The van der Waals surface area contributed by atoms with Gasteiger partial charge in [-0.3, -0.25) is 4.21 Å². The molecule has 0 aromatic carbocycles. The molecule has 0 radical (unpaired) electrons. The average molecular weight is 217 g/mol. The maximum absolute atomic E-state index is 11.7. The molecule has 0 aromatic rings. The van der Waals surface area contributed by atoms with Gasteiger partial charge in [-0.25, -0.2) is 0 Å². The minimum Gasteiger partial charge on any atom is -0.314 e. The first kappa shape index (κ1) is 12.2. The zero-order valence-corrected chi connectivity index (χ0v) is 10.4. The summed E-state index contributed by atoms with van der Waals surface area (Å²) in [4.78, 5) is 0. The van der Waals surface area contributed by atoms with Crippen molar-refractivity contribution in [2.24, 2.45) is 5.92 Å². The third-order valence-corrected chi connectivity index (χ3v) is 5.17. The Morgan fingerprint density at radius 1 is 1.36 bits per heavy atom. The van der Waals surface area contributed by atoms with E-state index < -0.39 is 10.8 Å². The highest BCUT2D eigenvalue weighted by Gasteiger charge is 2.35. The van der Waals surface area contributed by atoms with E-state index in [1.165, 1.54) is 12.8 Å². The maximum Gasteiger partial charge on any atom is 0.0388 e. The van der Waals surface area contributed by atoms with Gasteiger partial charge in [-0.05, 0) is 31.7 Å². The van der Waals surface area contributed by atoms with Crippen LogP contribution in [0.4, 0.5) is 0 Å². The van der Waals surface area contributed by atoms with Gasteiger partial charge in [0.2, 0.25) is 0 Å². The van der Waals surface area contributed by atoms with E-state index in [0.29, 0.717) is 17.2 Å². The second-order valence-corrected chi connectivity index (χ2v) is 6.15. The number of nitrogens with one attached hydrogen (secondary N) is 1. The molecular formula is C11H23NOS. The lowest BCUT2D eigenvalue weighted by molar-refractivity contribution is 0.429. The fourth-order valence-electron chi connectivity index (χ4n) is 2.33. The Labute approximate surface area is 90.3 Å². The van der Waals surface area contributed by atoms with Gasteiger partial charge in [-0.2, -0.15) is 0 Å². The second kappa shape index (κ2) is 5.86. The van der Waals surface area contributed by atoms with Crippen LogP contribution in [0.5, 0.6) is 0 Å². The van der Waals surface area contributed by atoms with Gasteiger partial charge >= 0.3 is 0 Å². The molecule has 3 heteroatoms. The van der Waals surface area contributed by atoms with Crippen molar-refractivity contribution in [3.8, 4) is 0 Å². The number of hydrogen-bond donors (Lipinski definition) is 1. The minimum absolute atomic E-state index is 0.439. The first-order chi connectivity index (χ1) is 6.70. The molecule has 2 nitrogen and oxygen atoms in total. The fourth-order valence-corrected chi connectivity index (χ4v) is 3.83. The molecule has 1 fully saturated rings. The van der Waals surface area contributed by atoms with Gasteiger partial charge in [-0.15, -0.1) is 0 Å². The van der Waals surface area contributed by atoms with Gasteiger partial charge in [0.1, 0.15) is 0 Å². The summed E-state index contributed by atoms with van der Waals surface area (Å²) in [6.07, 6.45) is 3.53. The summed E-state index contributed by atoms with van der Waals surface area (Å²) in [5.74, 6) is 1.40. The van der Waals surface area contributed by atoms with E-state index in [-0.39, 0.29) is 0 Å². The van der Waals surface area contributed by atoms with Crippen LogP contribution >= 0.6 is 0 Å². The van der Waals surface area contributed by atoms with Crippen LogP contribution in [0.25, 0.3) is 0 Å². The first-order valence-electron chi connectivity index (χ1n) is 5.81. The molecule has 84 valence electrons. The number of rotatable bonds is 5. The van der Waals surface area contributed by atoms with E-state index in [2.05, 4.69) is 19.2 Å². The molecule has 0 saturated heterocycles. The van der Waals surface area contributed by atoms with Crippen molar-refractivity contribution >= 4 is 10.8 Å². The first-order valence-corrected chi connectivity index (χ1v) is 7.19. The Morgan fingerprint density at radius 2 is 2.07 bits per heavy atom. The highest BCUT2D eigenvalue weighted by molar-refractivity contribution is 7.85. The van der Waals surface area contributed by atoms with Crippen LogP contribution in [-0.2, 0) is 10.8 Å². The third-order valence-electron chi connectivity index (χ3n) is 3.26. The zero-order valence-electron chi connectivity index (χ0n) is 9.58. The van der Waals surface area contributed by atoms with E-state index in [0.717, 1.165) is 18.7 Å². The molecule has 1 N–H and O–H groups in total. The Kier molecular flexibility index (Phi) is 5.10. The molecule has 1 aliphatic rings. The van der Waals surface area contributed by atoms with Gasteiger partial charge in [0.25, 0.3) is 0 Å². The van der Waals surface area contributed by atoms with Crippen LogP contribution < -0.4 is 5.32 Å². The molecule has 0 aliphatic heterocycles. The topological polar surface area (TPSA) is 29.1 Å². The predicted molar refractivity (Wildman–Crippen MR) is 63.0 cm³/mol. The average Bonchev–Trinajstić information content (AvgIpc) is 2.56. The molecule has 0 amide bonds. The Morgan fingerprint density at radius 3 is 2.64 bits per heavy atom. The number of hydrogen-bond acceptors (Lipinski definition) is 2.